The van der Waals surface area contributed by atoms with Gasteiger partial charge in [0, 0.05) is 18.8 Å². The van der Waals surface area contributed by atoms with Gasteiger partial charge in [0.2, 0.25) is 5.43 Å². The maximum Gasteiger partial charge on any atom is 0.220 e. The Balaban J connectivity index is 3.33. The predicted molar refractivity (Wildman–Crippen MR) is 66.3 cm³/mol. The van der Waals surface area contributed by atoms with Crippen LogP contribution in [0.25, 0.3) is 5.70 Å². The number of hydrogen-bond donors (Lipinski definition) is 1. The van der Waals surface area contributed by atoms with E-state index >= 15 is 0 Å². The molecule has 82 valence electrons. The molecular weight excluding hydrogens is 204 g/mol. The quantitative estimate of drug-likeness (QED) is 0.778. The summed E-state index contributed by atoms with van der Waals surface area (Å²) in [6, 6.07) is 5.89. The summed E-state index contributed by atoms with van der Waals surface area (Å²) in [5.74, 6) is -0.293. The molecular formula is C12H12N2O2. The van der Waals surface area contributed by atoms with Gasteiger partial charge in [-0.05, 0) is 24.9 Å². The van der Waals surface area contributed by atoms with E-state index in [0.29, 0.717) is 11.3 Å². The molecule has 1 aromatic rings. The van der Waals surface area contributed by atoms with Crippen molar-refractivity contribution in [3.05, 3.63) is 46.1 Å². The highest BCUT2D eigenvalue weighted by molar-refractivity contribution is 5.85. The predicted octanol–water partition coefficient (Wildman–Crippen LogP) is 1.49. The minimum atomic E-state index is -0.456. The lowest BCUT2D eigenvalue weighted by Gasteiger charge is -1.95. The van der Waals surface area contributed by atoms with Crippen LogP contribution in [-0.4, -0.2) is 25.1 Å². The second-order valence-electron chi connectivity index (χ2n) is 2.99. The third-order valence-electron chi connectivity index (χ3n) is 1.92. The third kappa shape index (κ3) is 2.88. The van der Waals surface area contributed by atoms with Gasteiger partial charge in [0.15, 0.2) is 5.75 Å². The Morgan fingerprint density at radius 1 is 1.50 bits per heavy atom. The number of allylic oxidation sites excluding steroid dienone is 1. The molecule has 0 aliphatic heterocycles. The van der Waals surface area contributed by atoms with Crippen LogP contribution in [0.15, 0.2) is 45.1 Å². The fourth-order valence-corrected chi connectivity index (χ4v) is 1.13. The Morgan fingerprint density at radius 2 is 2.25 bits per heavy atom. The van der Waals surface area contributed by atoms with E-state index in [9.17, 15) is 9.90 Å². The van der Waals surface area contributed by atoms with Crippen LogP contribution < -0.4 is 5.43 Å². The van der Waals surface area contributed by atoms with Crippen molar-refractivity contribution in [3.63, 3.8) is 0 Å². The molecule has 0 unspecified atom stereocenters. The van der Waals surface area contributed by atoms with Gasteiger partial charge >= 0.3 is 0 Å². The van der Waals surface area contributed by atoms with Crippen LogP contribution in [0.4, 0.5) is 0 Å². The highest BCUT2D eigenvalue weighted by Gasteiger charge is 1.99. The van der Waals surface area contributed by atoms with Crippen molar-refractivity contribution < 1.29 is 5.11 Å². The molecule has 4 heteroatoms. The summed E-state index contributed by atoms with van der Waals surface area (Å²) < 4.78 is 0. The van der Waals surface area contributed by atoms with Crippen LogP contribution in [0.3, 0.4) is 0 Å². The number of aromatic hydroxyl groups is 1. The zero-order valence-electron chi connectivity index (χ0n) is 8.92. The molecule has 0 saturated heterocycles. The topological polar surface area (TPSA) is 62.0 Å². The van der Waals surface area contributed by atoms with Crippen LogP contribution in [-0.2, 0) is 0 Å². The van der Waals surface area contributed by atoms with Crippen molar-refractivity contribution in [1.82, 2.24) is 0 Å². The molecule has 0 atom stereocenters. The Bertz CT molecular complexity index is 505. The zero-order chi connectivity index (χ0) is 12.0. The largest absolute Gasteiger partial charge is 0.504 e. The standard InChI is InChI=1S/C12H12N2O2/c1-13-7-6-10(14-2)9-4-3-5-11(15)12(16)8-9/h3-8H,2H2,1H3,(H,15,16)/b10-6-,13-7?. The summed E-state index contributed by atoms with van der Waals surface area (Å²) in [6.45, 7) is 3.42. The highest BCUT2D eigenvalue weighted by Crippen LogP contribution is 2.13. The molecule has 0 bridgehead atoms. The minimum Gasteiger partial charge on any atom is -0.504 e. The Kier molecular flexibility index (Phi) is 4.15. The van der Waals surface area contributed by atoms with Crippen molar-refractivity contribution in [1.29, 1.82) is 0 Å². The maximum atomic E-state index is 11.4. The minimum absolute atomic E-state index is 0.293. The van der Waals surface area contributed by atoms with Crippen molar-refractivity contribution in [2.24, 2.45) is 9.98 Å². The number of rotatable bonds is 3. The summed E-state index contributed by atoms with van der Waals surface area (Å²) in [5.41, 5.74) is 0.654. The molecule has 0 fully saturated rings. The second kappa shape index (κ2) is 5.60. The van der Waals surface area contributed by atoms with Gasteiger partial charge in [-0.2, -0.15) is 0 Å². The smallest absolute Gasteiger partial charge is 0.220 e. The first-order chi connectivity index (χ1) is 7.69. The summed E-state index contributed by atoms with van der Waals surface area (Å²) in [6.07, 6.45) is 3.19. The monoisotopic (exact) mass is 216 g/mol. The van der Waals surface area contributed by atoms with E-state index < -0.39 is 5.43 Å². The van der Waals surface area contributed by atoms with Gasteiger partial charge in [0.25, 0.3) is 0 Å². The van der Waals surface area contributed by atoms with Gasteiger partial charge in [-0.25, -0.2) is 0 Å². The van der Waals surface area contributed by atoms with Crippen molar-refractivity contribution >= 4 is 18.6 Å². The van der Waals surface area contributed by atoms with E-state index in [0.717, 1.165) is 0 Å². The lowest BCUT2D eigenvalue weighted by atomic mass is 10.2. The summed E-state index contributed by atoms with van der Waals surface area (Å²) in [4.78, 5) is 18.9. The molecule has 0 aliphatic carbocycles. The Hall–Kier alpha value is -2.23. The van der Waals surface area contributed by atoms with Gasteiger partial charge in [0.1, 0.15) is 0 Å². The molecule has 0 amide bonds. The first-order valence-electron chi connectivity index (χ1n) is 4.62. The van der Waals surface area contributed by atoms with E-state index in [-0.39, 0.29) is 5.75 Å². The molecule has 0 heterocycles. The van der Waals surface area contributed by atoms with Crippen LogP contribution in [0.5, 0.6) is 5.75 Å². The SMILES string of the molecule is C=N/C(=C\C=NC)c1cccc(O)c(=O)c1. The number of hydrogen-bond acceptors (Lipinski definition) is 4. The number of aliphatic imine (C=N–C) groups is 2. The van der Waals surface area contributed by atoms with E-state index in [1.165, 1.54) is 12.1 Å². The molecule has 0 radical (unpaired) electrons. The van der Waals surface area contributed by atoms with Crippen molar-refractivity contribution in [3.8, 4) is 5.75 Å². The molecule has 4 nitrogen and oxygen atoms in total. The second-order valence-corrected chi connectivity index (χ2v) is 2.99. The summed E-state index contributed by atoms with van der Waals surface area (Å²) >= 11 is 0. The van der Waals surface area contributed by atoms with E-state index in [1.807, 2.05) is 0 Å². The van der Waals surface area contributed by atoms with E-state index in [4.69, 9.17) is 0 Å². The van der Waals surface area contributed by atoms with Crippen LogP contribution in [0, 0.1) is 0 Å². The van der Waals surface area contributed by atoms with Crippen LogP contribution >= 0.6 is 0 Å². The lowest BCUT2D eigenvalue weighted by molar-refractivity contribution is 0.471. The molecule has 0 spiro atoms. The number of nitrogens with zero attached hydrogens (tertiary/aromatic N) is 2. The average molecular weight is 216 g/mol. The fraction of sp³-hybridized carbons (Fsp3) is 0.0833. The Morgan fingerprint density at radius 3 is 2.88 bits per heavy atom. The first kappa shape index (κ1) is 11.8. The zero-order valence-corrected chi connectivity index (χ0v) is 8.92. The molecule has 0 saturated carbocycles. The van der Waals surface area contributed by atoms with Crippen molar-refractivity contribution in [2.45, 2.75) is 0 Å². The highest BCUT2D eigenvalue weighted by atomic mass is 16.3. The van der Waals surface area contributed by atoms with Gasteiger partial charge < -0.3 is 5.11 Å². The van der Waals surface area contributed by atoms with Crippen molar-refractivity contribution in [2.75, 3.05) is 7.05 Å². The van der Waals surface area contributed by atoms with E-state index in [1.54, 1.807) is 31.5 Å². The molecule has 1 rings (SSSR count). The molecule has 16 heavy (non-hydrogen) atoms. The van der Waals surface area contributed by atoms with Crippen LogP contribution in [0.2, 0.25) is 0 Å². The van der Waals surface area contributed by atoms with Gasteiger partial charge in [-0.15, -0.1) is 0 Å². The first-order valence-corrected chi connectivity index (χ1v) is 4.62. The van der Waals surface area contributed by atoms with Gasteiger partial charge in [-0.1, -0.05) is 12.1 Å². The molecule has 1 aromatic carbocycles. The normalized spacial score (nSPS) is 11.7. The van der Waals surface area contributed by atoms with Gasteiger partial charge in [0.05, 0.1) is 5.70 Å². The lowest BCUT2D eigenvalue weighted by Crippen LogP contribution is -1.94. The Labute approximate surface area is 93.3 Å². The molecule has 0 aromatic heterocycles. The molecule has 1 N–H and O–H groups in total. The average Bonchev–Trinajstić information content (AvgIpc) is 2.43. The molecule has 0 aliphatic rings. The third-order valence-corrected chi connectivity index (χ3v) is 1.92. The maximum absolute atomic E-state index is 11.4. The van der Waals surface area contributed by atoms with Crippen LogP contribution in [0.1, 0.15) is 5.56 Å². The summed E-state index contributed by atoms with van der Waals surface area (Å²) in [5, 5.41) is 9.23. The van der Waals surface area contributed by atoms with Gasteiger partial charge in [-0.3, -0.25) is 14.8 Å². The fourth-order valence-electron chi connectivity index (χ4n) is 1.13. The van der Waals surface area contributed by atoms with E-state index in [2.05, 4.69) is 16.7 Å². The summed E-state index contributed by atoms with van der Waals surface area (Å²) in [7, 11) is 1.63.